The number of anilines is 1. The average molecular weight is 259 g/mol. The maximum Gasteiger partial charge on any atom is 0.243 e. The third-order valence-electron chi connectivity index (χ3n) is 2.20. The number of nitrogens with one attached hydrogen (secondary N) is 1. The van der Waals surface area contributed by atoms with Gasteiger partial charge in [0.15, 0.2) is 0 Å². The quantitative estimate of drug-likeness (QED) is 0.762. The minimum Gasteiger partial charge on any atom is -0.396 e. The number of halogens is 1. The van der Waals surface area contributed by atoms with Gasteiger partial charge in [-0.3, -0.25) is 4.79 Å². The summed E-state index contributed by atoms with van der Waals surface area (Å²) in [4.78, 5) is 11.6. The van der Waals surface area contributed by atoms with Crippen molar-refractivity contribution >= 4 is 24.0 Å². The molecule has 0 radical (unpaired) electrons. The number of carbonyl (C=O) groups excluding carboxylic acids is 1. The first-order valence-corrected chi connectivity index (χ1v) is 5.23. The zero-order chi connectivity index (χ0) is 12.2. The van der Waals surface area contributed by atoms with Crippen molar-refractivity contribution in [2.24, 2.45) is 5.73 Å². The van der Waals surface area contributed by atoms with Crippen LogP contribution in [0.4, 0.5) is 5.69 Å². The molecule has 0 aliphatic carbocycles. The van der Waals surface area contributed by atoms with E-state index in [4.69, 9.17) is 10.8 Å². The Kier molecular flexibility index (Phi) is 6.16. The van der Waals surface area contributed by atoms with Crippen molar-refractivity contribution in [3.8, 4) is 0 Å². The Labute approximate surface area is 108 Å². The molecule has 0 aliphatic rings. The fourth-order valence-electron chi connectivity index (χ4n) is 1.18. The summed E-state index contributed by atoms with van der Waals surface area (Å²) in [5.74, 6) is -0.220. The van der Waals surface area contributed by atoms with Crippen LogP contribution >= 0.6 is 12.4 Å². The number of benzene rings is 1. The number of rotatable bonds is 4. The van der Waals surface area contributed by atoms with Crippen molar-refractivity contribution in [1.29, 1.82) is 0 Å². The highest BCUT2D eigenvalue weighted by atomic mass is 35.5. The molecule has 0 fully saturated rings. The van der Waals surface area contributed by atoms with Crippen molar-refractivity contribution < 1.29 is 9.90 Å². The lowest BCUT2D eigenvalue weighted by molar-refractivity contribution is -0.120. The summed E-state index contributed by atoms with van der Waals surface area (Å²) in [7, 11) is 0. The molecule has 96 valence electrons. The van der Waals surface area contributed by atoms with Crippen LogP contribution in [0.1, 0.15) is 19.4 Å². The van der Waals surface area contributed by atoms with Crippen molar-refractivity contribution in [3.63, 3.8) is 0 Å². The molecule has 4 nitrogen and oxygen atoms in total. The molecule has 0 saturated carbocycles. The molecule has 1 aromatic carbocycles. The van der Waals surface area contributed by atoms with Crippen molar-refractivity contribution in [2.45, 2.75) is 25.8 Å². The van der Waals surface area contributed by atoms with Gasteiger partial charge in [-0.05, 0) is 38.0 Å². The Bertz CT molecular complexity index is 358. The summed E-state index contributed by atoms with van der Waals surface area (Å²) in [5, 5.41) is 11.5. The van der Waals surface area contributed by atoms with E-state index in [1.807, 2.05) is 12.1 Å². The molecule has 17 heavy (non-hydrogen) atoms. The second kappa shape index (κ2) is 6.59. The molecule has 0 bridgehead atoms. The molecule has 4 N–H and O–H groups in total. The lowest BCUT2D eigenvalue weighted by atomic mass is 10.1. The van der Waals surface area contributed by atoms with Gasteiger partial charge in [0.2, 0.25) is 5.91 Å². The Morgan fingerprint density at radius 2 is 1.88 bits per heavy atom. The zero-order valence-electron chi connectivity index (χ0n) is 10.1. The second-order valence-corrected chi connectivity index (χ2v) is 4.35. The zero-order valence-corrected chi connectivity index (χ0v) is 10.9. The Morgan fingerprint density at radius 3 is 2.29 bits per heavy atom. The molecule has 0 heterocycles. The topological polar surface area (TPSA) is 75.4 Å². The molecule has 0 spiro atoms. The molecule has 0 unspecified atom stereocenters. The van der Waals surface area contributed by atoms with Gasteiger partial charge in [-0.1, -0.05) is 12.1 Å². The molecule has 1 rings (SSSR count). The Balaban J connectivity index is 0.00000256. The largest absolute Gasteiger partial charge is 0.396 e. The first-order valence-electron chi connectivity index (χ1n) is 5.23. The first kappa shape index (κ1) is 15.9. The molecule has 0 aliphatic heterocycles. The van der Waals surface area contributed by atoms with Crippen LogP contribution in [0.2, 0.25) is 0 Å². The maximum atomic E-state index is 11.6. The molecule has 5 heteroatoms. The summed E-state index contributed by atoms with van der Waals surface area (Å²) in [6.45, 7) is 3.44. The van der Waals surface area contributed by atoms with Crippen LogP contribution in [0.3, 0.4) is 0 Å². The van der Waals surface area contributed by atoms with Gasteiger partial charge in [0.05, 0.1) is 5.54 Å². The van der Waals surface area contributed by atoms with Crippen molar-refractivity contribution in [3.05, 3.63) is 29.8 Å². The molecule has 1 aromatic rings. The van der Waals surface area contributed by atoms with E-state index in [0.717, 1.165) is 5.56 Å². The lowest BCUT2D eigenvalue weighted by Gasteiger charge is -2.17. The molecule has 0 saturated heterocycles. The number of hydrogen-bond acceptors (Lipinski definition) is 3. The van der Waals surface area contributed by atoms with Crippen molar-refractivity contribution in [1.82, 2.24) is 0 Å². The van der Waals surface area contributed by atoms with Gasteiger partial charge in [-0.2, -0.15) is 0 Å². The second-order valence-electron chi connectivity index (χ2n) is 4.35. The molecule has 1 amide bonds. The van der Waals surface area contributed by atoms with Gasteiger partial charge in [0, 0.05) is 12.3 Å². The third kappa shape index (κ3) is 5.17. The van der Waals surface area contributed by atoms with E-state index in [1.54, 1.807) is 26.0 Å². The van der Waals surface area contributed by atoms with Crippen LogP contribution in [0.5, 0.6) is 0 Å². The summed E-state index contributed by atoms with van der Waals surface area (Å²) in [6, 6.07) is 7.34. The Hall–Kier alpha value is -1.10. The minimum absolute atomic E-state index is 0. The number of aliphatic hydroxyl groups excluding tert-OH is 1. The van der Waals surface area contributed by atoms with E-state index in [9.17, 15) is 4.79 Å². The highest BCUT2D eigenvalue weighted by Gasteiger charge is 2.21. The maximum absolute atomic E-state index is 11.6. The van der Waals surface area contributed by atoms with Gasteiger partial charge in [-0.25, -0.2) is 0 Å². The highest BCUT2D eigenvalue weighted by molar-refractivity contribution is 5.97. The minimum atomic E-state index is -0.885. The molecular formula is C12H19ClN2O2. The van der Waals surface area contributed by atoms with E-state index in [0.29, 0.717) is 12.1 Å². The van der Waals surface area contributed by atoms with E-state index in [1.165, 1.54) is 0 Å². The van der Waals surface area contributed by atoms with Gasteiger partial charge in [0.25, 0.3) is 0 Å². The average Bonchev–Trinajstić information content (AvgIpc) is 2.20. The molecule has 0 atom stereocenters. The van der Waals surface area contributed by atoms with E-state index >= 15 is 0 Å². The van der Waals surface area contributed by atoms with Crippen LogP contribution in [-0.2, 0) is 11.2 Å². The third-order valence-corrected chi connectivity index (χ3v) is 2.20. The van der Waals surface area contributed by atoms with E-state index < -0.39 is 5.54 Å². The van der Waals surface area contributed by atoms with Crippen LogP contribution in [0.15, 0.2) is 24.3 Å². The van der Waals surface area contributed by atoms with Gasteiger partial charge < -0.3 is 16.2 Å². The fraction of sp³-hybridized carbons (Fsp3) is 0.417. The normalized spacial score (nSPS) is 10.6. The van der Waals surface area contributed by atoms with Gasteiger partial charge in [-0.15, -0.1) is 12.4 Å². The number of amides is 1. The number of carbonyl (C=O) groups is 1. The van der Waals surface area contributed by atoms with Gasteiger partial charge in [0.1, 0.15) is 0 Å². The van der Waals surface area contributed by atoms with E-state index in [2.05, 4.69) is 5.32 Å². The van der Waals surface area contributed by atoms with Crippen LogP contribution in [0, 0.1) is 0 Å². The van der Waals surface area contributed by atoms with Crippen LogP contribution in [-0.4, -0.2) is 23.2 Å². The molecular weight excluding hydrogens is 240 g/mol. The van der Waals surface area contributed by atoms with Crippen LogP contribution < -0.4 is 11.1 Å². The Morgan fingerprint density at radius 1 is 1.35 bits per heavy atom. The summed E-state index contributed by atoms with van der Waals surface area (Å²) in [5.41, 5.74) is 6.52. The SMILES string of the molecule is CC(C)(N)C(=O)Nc1ccc(CCO)cc1.Cl. The number of aliphatic hydroxyl groups is 1. The smallest absolute Gasteiger partial charge is 0.243 e. The summed E-state index contributed by atoms with van der Waals surface area (Å²) >= 11 is 0. The van der Waals surface area contributed by atoms with E-state index in [-0.39, 0.29) is 24.9 Å². The highest BCUT2D eigenvalue weighted by Crippen LogP contribution is 2.11. The number of nitrogens with two attached hydrogens (primary N) is 1. The van der Waals surface area contributed by atoms with Crippen molar-refractivity contribution in [2.75, 3.05) is 11.9 Å². The number of hydrogen-bond donors (Lipinski definition) is 3. The standard InChI is InChI=1S/C12H18N2O2.ClH/c1-12(2,13)11(16)14-10-5-3-9(4-6-10)7-8-15;/h3-6,15H,7-8,13H2,1-2H3,(H,14,16);1H. The summed E-state index contributed by atoms with van der Waals surface area (Å²) in [6.07, 6.45) is 0.622. The summed E-state index contributed by atoms with van der Waals surface area (Å²) < 4.78 is 0. The predicted octanol–water partition coefficient (Wildman–Crippen LogP) is 1.32. The predicted molar refractivity (Wildman–Crippen MR) is 71.4 cm³/mol. The monoisotopic (exact) mass is 258 g/mol. The fourth-order valence-corrected chi connectivity index (χ4v) is 1.18. The molecule has 0 aromatic heterocycles. The van der Waals surface area contributed by atoms with Crippen LogP contribution in [0.25, 0.3) is 0 Å². The first-order chi connectivity index (χ1) is 7.43. The van der Waals surface area contributed by atoms with Gasteiger partial charge >= 0.3 is 0 Å². The lowest BCUT2D eigenvalue weighted by Crippen LogP contribution is -2.45.